The number of rotatable bonds is 3. The van der Waals surface area contributed by atoms with Crippen LogP contribution in [-0.4, -0.2) is 35.6 Å². The SMILES string of the molecule is CC(C)Nc1ncc2c(-c3ccc4nccn4n3)c[nH]c2n1. The van der Waals surface area contributed by atoms with Gasteiger partial charge in [0.05, 0.1) is 5.69 Å². The molecule has 0 fully saturated rings. The highest BCUT2D eigenvalue weighted by atomic mass is 15.2. The Morgan fingerprint density at radius 2 is 2.14 bits per heavy atom. The average Bonchev–Trinajstić information content (AvgIpc) is 3.11. The summed E-state index contributed by atoms with van der Waals surface area (Å²) >= 11 is 0. The lowest BCUT2D eigenvalue weighted by molar-refractivity contribution is 0.877. The molecule has 0 aromatic carbocycles. The monoisotopic (exact) mass is 293 g/mol. The van der Waals surface area contributed by atoms with Crippen molar-refractivity contribution in [1.82, 2.24) is 29.5 Å². The van der Waals surface area contributed by atoms with Crippen LogP contribution in [0.4, 0.5) is 5.95 Å². The Labute approximate surface area is 126 Å². The molecule has 0 aliphatic heterocycles. The van der Waals surface area contributed by atoms with Gasteiger partial charge in [0.25, 0.3) is 0 Å². The van der Waals surface area contributed by atoms with E-state index in [-0.39, 0.29) is 6.04 Å². The van der Waals surface area contributed by atoms with E-state index in [2.05, 4.69) is 44.2 Å². The highest BCUT2D eigenvalue weighted by Crippen LogP contribution is 2.26. The van der Waals surface area contributed by atoms with E-state index in [1.54, 1.807) is 10.7 Å². The number of fused-ring (bicyclic) bond motifs is 2. The first-order valence-corrected chi connectivity index (χ1v) is 7.12. The molecule has 0 aliphatic carbocycles. The van der Waals surface area contributed by atoms with Crippen molar-refractivity contribution in [1.29, 1.82) is 0 Å². The summed E-state index contributed by atoms with van der Waals surface area (Å²) < 4.78 is 1.75. The number of aromatic amines is 1. The lowest BCUT2D eigenvalue weighted by Gasteiger charge is -2.07. The van der Waals surface area contributed by atoms with Crippen molar-refractivity contribution < 1.29 is 0 Å². The largest absolute Gasteiger partial charge is 0.352 e. The maximum Gasteiger partial charge on any atom is 0.224 e. The summed E-state index contributed by atoms with van der Waals surface area (Å²) in [6.07, 6.45) is 7.28. The molecule has 0 spiro atoms. The minimum atomic E-state index is 0.289. The molecule has 4 aromatic rings. The predicted molar refractivity (Wildman–Crippen MR) is 84.6 cm³/mol. The summed E-state index contributed by atoms with van der Waals surface area (Å²) in [5.74, 6) is 0.619. The molecule has 0 unspecified atom stereocenters. The molecule has 0 bridgehead atoms. The fraction of sp³-hybridized carbons (Fsp3) is 0.200. The second kappa shape index (κ2) is 4.80. The van der Waals surface area contributed by atoms with E-state index in [9.17, 15) is 0 Å². The van der Waals surface area contributed by atoms with Crippen LogP contribution < -0.4 is 5.32 Å². The van der Waals surface area contributed by atoms with Crippen molar-refractivity contribution in [3.05, 3.63) is 36.9 Å². The van der Waals surface area contributed by atoms with Gasteiger partial charge in [-0.3, -0.25) is 0 Å². The van der Waals surface area contributed by atoms with Gasteiger partial charge in [-0.1, -0.05) is 0 Å². The van der Waals surface area contributed by atoms with Crippen LogP contribution in [0.5, 0.6) is 0 Å². The summed E-state index contributed by atoms with van der Waals surface area (Å²) in [5, 5.41) is 8.70. The summed E-state index contributed by atoms with van der Waals surface area (Å²) in [4.78, 5) is 16.2. The number of H-pyrrole nitrogens is 1. The number of anilines is 1. The third-order valence-electron chi connectivity index (χ3n) is 3.38. The molecule has 0 amide bonds. The lowest BCUT2D eigenvalue weighted by atomic mass is 10.2. The fourth-order valence-electron chi connectivity index (χ4n) is 2.41. The summed E-state index contributed by atoms with van der Waals surface area (Å²) in [7, 11) is 0. The van der Waals surface area contributed by atoms with Gasteiger partial charge in [-0.2, -0.15) is 10.1 Å². The van der Waals surface area contributed by atoms with Crippen molar-refractivity contribution in [3.63, 3.8) is 0 Å². The highest BCUT2D eigenvalue weighted by Gasteiger charge is 2.11. The normalized spacial score (nSPS) is 11.6. The molecule has 22 heavy (non-hydrogen) atoms. The standard InChI is InChI=1S/C15H15N7/c1-9(2)19-15-18-8-11-10(7-17-14(11)20-15)12-3-4-13-16-5-6-22(13)21-12/h3-9H,1-2H3,(H2,17,18,19,20). The number of hydrogen-bond acceptors (Lipinski definition) is 5. The summed E-state index contributed by atoms with van der Waals surface area (Å²) in [6, 6.07) is 4.18. The van der Waals surface area contributed by atoms with E-state index in [1.807, 2.05) is 30.7 Å². The highest BCUT2D eigenvalue weighted by molar-refractivity contribution is 5.92. The van der Waals surface area contributed by atoms with Crippen LogP contribution in [0.15, 0.2) is 36.9 Å². The molecule has 0 atom stereocenters. The molecular formula is C15H15N7. The van der Waals surface area contributed by atoms with Crippen molar-refractivity contribution >= 4 is 22.6 Å². The van der Waals surface area contributed by atoms with E-state index in [4.69, 9.17) is 0 Å². The minimum Gasteiger partial charge on any atom is -0.352 e. The molecule has 4 heterocycles. The Kier molecular flexibility index (Phi) is 2.78. The van der Waals surface area contributed by atoms with Gasteiger partial charge < -0.3 is 10.3 Å². The smallest absolute Gasteiger partial charge is 0.224 e. The van der Waals surface area contributed by atoms with Crippen LogP contribution in [0, 0.1) is 0 Å². The van der Waals surface area contributed by atoms with Crippen LogP contribution in [0.25, 0.3) is 27.9 Å². The second-order valence-electron chi connectivity index (χ2n) is 5.41. The van der Waals surface area contributed by atoms with E-state index in [0.29, 0.717) is 5.95 Å². The Morgan fingerprint density at radius 3 is 3.00 bits per heavy atom. The molecule has 0 aliphatic rings. The van der Waals surface area contributed by atoms with Gasteiger partial charge in [-0.25, -0.2) is 14.5 Å². The van der Waals surface area contributed by atoms with Crippen molar-refractivity contribution in [2.24, 2.45) is 0 Å². The third-order valence-corrected chi connectivity index (χ3v) is 3.38. The van der Waals surface area contributed by atoms with E-state index < -0.39 is 0 Å². The molecule has 0 saturated heterocycles. The molecule has 0 saturated carbocycles. The van der Waals surface area contributed by atoms with Crippen molar-refractivity contribution in [3.8, 4) is 11.3 Å². The zero-order chi connectivity index (χ0) is 15.1. The number of nitrogens with one attached hydrogen (secondary N) is 2. The number of imidazole rings is 1. The van der Waals surface area contributed by atoms with Gasteiger partial charge in [0.1, 0.15) is 5.65 Å². The molecule has 7 heteroatoms. The maximum atomic E-state index is 4.56. The van der Waals surface area contributed by atoms with Crippen LogP contribution in [0.2, 0.25) is 0 Å². The Balaban J connectivity index is 1.81. The van der Waals surface area contributed by atoms with Gasteiger partial charge in [0, 0.05) is 41.8 Å². The first-order chi connectivity index (χ1) is 10.7. The van der Waals surface area contributed by atoms with Gasteiger partial charge in [0.15, 0.2) is 5.65 Å². The second-order valence-corrected chi connectivity index (χ2v) is 5.41. The summed E-state index contributed by atoms with van der Waals surface area (Å²) in [6.45, 7) is 4.11. The first-order valence-electron chi connectivity index (χ1n) is 7.12. The third kappa shape index (κ3) is 2.07. The zero-order valence-corrected chi connectivity index (χ0v) is 12.3. The van der Waals surface area contributed by atoms with Gasteiger partial charge >= 0.3 is 0 Å². The zero-order valence-electron chi connectivity index (χ0n) is 12.3. The van der Waals surface area contributed by atoms with E-state index >= 15 is 0 Å². The topological polar surface area (TPSA) is 83.8 Å². The van der Waals surface area contributed by atoms with Crippen molar-refractivity contribution in [2.75, 3.05) is 5.32 Å². The molecular weight excluding hydrogens is 278 g/mol. The molecule has 4 aromatic heterocycles. The van der Waals surface area contributed by atoms with Crippen LogP contribution in [-0.2, 0) is 0 Å². The quantitative estimate of drug-likeness (QED) is 0.606. The maximum absolute atomic E-state index is 4.56. The van der Waals surface area contributed by atoms with Crippen LogP contribution in [0.3, 0.4) is 0 Å². The van der Waals surface area contributed by atoms with Crippen LogP contribution >= 0.6 is 0 Å². The van der Waals surface area contributed by atoms with E-state index in [0.717, 1.165) is 27.9 Å². The molecule has 7 nitrogen and oxygen atoms in total. The van der Waals surface area contributed by atoms with E-state index in [1.165, 1.54) is 0 Å². The average molecular weight is 293 g/mol. The number of aromatic nitrogens is 6. The van der Waals surface area contributed by atoms with Crippen molar-refractivity contribution in [2.45, 2.75) is 19.9 Å². The Hall–Kier alpha value is -2.96. The molecule has 4 rings (SSSR count). The lowest BCUT2D eigenvalue weighted by Crippen LogP contribution is -2.12. The minimum absolute atomic E-state index is 0.289. The number of hydrogen-bond donors (Lipinski definition) is 2. The Bertz CT molecular complexity index is 951. The summed E-state index contributed by atoms with van der Waals surface area (Å²) in [5.41, 5.74) is 3.44. The van der Waals surface area contributed by atoms with Gasteiger partial charge in [-0.15, -0.1) is 0 Å². The van der Waals surface area contributed by atoms with Gasteiger partial charge in [0.2, 0.25) is 5.95 Å². The van der Waals surface area contributed by atoms with Gasteiger partial charge in [-0.05, 0) is 26.0 Å². The molecule has 0 radical (unpaired) electrons. The predicted octanol–water partition coefficient (Wildman–Crippen LogP) is 2.49. The number of nitrogens with zero attached hydrogens (tertiary/aromatic N) is 5. The fourth-order valence-corrected chi connectivity index (χ4v) is 2.41. The first kappa shape index (κ1) is 12.8. The molecule has 110 valence electrons. The molecule has 2 N–H and O–H groups in total. The van der Waals surface area contributed by atoms with Crippen LogP contribution in [0.1, 0.15) is 13.8 Å². The Morgan fingerprint density at radius 1 is 1.23 bits per heavy atom.